The highest BCUT2D eigenvalue weighted by Crippen LogP contribution is 2.17. The summed E-state index contributed by atoms with van der Waals surface area (Å²) in [5.74, 6) is -0.242. The Kier molecular flexibility index (Phi) is 7.26. The van der Waals surface area contributed by atoms with Gasteiger partial charge in [-0.1, -0.05) is 17.7 Å². The van der Waals surface area contributed by atoms with Crippen LogP contribution in [0.5, 0.6) is 11.5 Å². The number of nitrogens with zero attached hydrogens (tertiary/aromatic N) is 2. The highest BCUT2D eigenvalue weighted by Gasteiger charge is 2.08. The molecule has 0 fully saturated rings. The molecule has 0 saturated heterocycles. The topological polar surface area (TPSA) is 120 Å². The summed E-state index contributed by atoms with van der Waals surface area (Å²) in [4.78, 5) is 34.0. The summed E-state index contributed by atoms with van der Waals surface area (Å²) in [6, 6.07) is 19.0. The first-order valence-corrected chi connectivity index (χ1v) is 9.49. The predicted octanol–water partition coefficient (Wildman–Crippen LogP) is 3.65. The lowest BCUT2D eigenvalue weighted by molar-refractivity contribution is -0.384. The zero-order valence-corrected chi connectivity index (χ0v) is 17.1. The molecule has 0 bridgehead atoms. The number of nitro groups is 1. The number of benzene rings is 3. The second-order valence-corrected chi connectivity index (χ2v) is 6.66. The third kappa shape index (κ3) is 6.49. The smallest absolute Gasteiger partial charge is 0.343 e. The number of carbonyl (C=O) groups excluding carboxylic acids is 2. The lowest BCUT2D eigenvalue weighted by Gasteiger charge is -2.05. The van der Waals surface area contributed by atoms with Crippen LogP contribution in [-0.4, -0.2) is 29.6 Å². The third-order valence-corrected chi connectivity index (χ3v) is 4.20. The van der Waals surface area contributed by atoms with E-state index in [9.17, 15) is 19.7 Å². The van der Waals surface area contributed by atoms with Gasteiger partial charge in [-0.25, -0.2) is 10.2 Å². The van der Waals surface area contributed by atoms with Crippen molar-refractivity contribution in [1.29, 1.82) is 0 Å². The van der Waals surface area contributed by atoms with E-state index in [0.29, 0.717) is 22.6 Å². The Balaban J connectivity index is 1.44. The molecule has 9 heteroatoms. The van der Waals surface area contributed by atoms with Crippen LogP contribution in [0.4, 0.5) is 5.69 Å². The molecule has 162 valence electrons. The normalized spacial score (nSPS) is 10.5. The zero-order chi connectivity index (χ0) is 22.9. The van der Waals surface area contributed by atoms with Gasteiger partial charge in [-0.15, -0.1) is 0 Å². The summed E-state index contributed by atoms with van der Waals surface area (Å²) < 4.78 is 10.6. The average Bonchev–Trinajstić information content (AvgIpc) is 2.79. The van der Waals surface area contributed by atoms with E-state index >= 15 is 0 Å². The number of esters is 1. The molecule has 0 saturated carbocycles. The summed E-state index contributed by atoms with van der Waals surface area (Å²) in [6.45, 7) is 1.63. The summed E-state index contributed by atoms with van der Waals surface area (Å²) in [6.07, 6.45) is 1.43. The maximum Gasteiger partial charge on any atom is 0.343 e. The molecule has 3 aromatic rings. The molecular weight excluding hydrogens is 414 g/mol. The number of hydrogen-bond acceptors (Lipinski definition) is 7. The highest BCUT2D eigenvalue weighted by molar-refractivity contribution is 5.91. The van der Waals surface area contributed by atoms with Crippen molar-refractivity contribution < 1.29 is 24.0 Å². The van der Waals surface area contributed by atoms with Crippen molar-refractivity contribution in [2.45, 2.75) is 6.92 Å². The van der Waals surface area contributed by atoms with Gasteiger partial charge >= 0.3 is 5.97 Å². The molecule has 9 nitrogen and oxygen atoms in total. The molecule has 0 radical (unpaired) electrons. The van der Waals surface area contributed by atoms with Crippen LogP contribution in [0, 0.1) is 17.0 Å². The Labute approximate surface area is 183 Å². The number of hydrazone groups is 1. The van der Waals surface area contributed by atoms with E-state index in [1.54, 1.807) is 36.4 Å². The summed E-state index contributed by atoms with van der Waals surface area (Å²) in [5.41, 5.74) is 4.44. The minimum atomic E-state index is -0.522. The van der Waals surface area contributed by atoms with Crippen molar-refractivity contribution in [3.8, 4) is 11.5 Å². The van der Waals surface area contributed by atoms with E-state index < -0.39 is 16.8 Å². The molecule has 1 amide bonds. The SMILES string of the molecule is Cc1ccc(C(=O)Oc2ccc(/C=N/NC(=O)COc3ccc([N+](=O)[O-])cc3)cc2)cc1. The van der Waals surface area contributed by atoms with E-state index in [1.807, 2.05) is 19.1 Å². The average molecular weight is 433 g/mol. The molecule has 0 aromatic heterocycles. The number of rotatable bonds is 8. The van der Waals surface area contributed by atoms with Crippen LogP contribution in [0.1, 0.15) is 21.5 Å². The Bertz CT molecular complexity index is 1120. The fraction of sp³-hybridized carbons (Fsp3) is 0.0870. The van der Waals surface area contributed by atoms with Gasteiger partial charge in [0.1, 0.15) is 11.5 Å². The first kappa shape index (κ1) is 22.2. The van der Waals surface area contributed by atoms with Gasteiger partial charge in [0.2, 0.25) is 0 Å². The van der Waals surface area contributed by atoms with Crippen LogP contribution < -0.4 is 14.9 Å². The van der Waals surface area contributed by atoms with Gasteiger partial charge in [-0.05, 0) is 61.0 Å². The van der Waals surface area contributed by atoms with E-state index in [2.05, 4.69) is 10.5 Å². The first-order chi connectivity index (χ1) is 15.4. The summed E-state index contributed by atoms with van der Waals surface area (Å²) >= 11 is 0. The zero-order valence-electron chi connectivity index (χ0n) is 17.1. The number of aryl methyl sites for hydroxylation is 1. The fourth-order valence-corrected chi connectivity index (χ4v) is 2.50. The van der Waals surface area contributed by atoms with Gasteiger partial charge < -0.3 is 9.47 Å². The van der Waals surface area contributed by atoms with Gasteiger partial charge in [0.25, 0.3) is 11.6 Å². The monoisotopic (exact) mass is 433 g/mol. The van der Waals surface area contributed by atoms with Crippen LogP contribution in [-0.2, 0) is 4.79 Å². The van der Waals surface area contributed by atoms with Crippen LogP contribution in [0.15, 0.2) is 77.9 Å². The lowest BCUT2D eigenvalue weighted by atomic mass is 10.1. The Morgan fingerprint density at radius 3 is 2.22 bits per heavy atom. The quantitative estimate of drug-likeness (QED) is 0.190. The number of nitrogens with one attached hydrogen (secondary N) is 1. The second kappa shape index (κ2) is 10.5. The van der Waals surface area contributed by atoms with Crippen molar-refractivity contribution in [2.24, 2.45) is 5.10 Å². The molecular formula is C23H19N3O6. The Hall–Kier alpha value is -4.53. The van der Waals surface area contributed by atoms with Gasteiger partial charge in [0, 0.05) is 12.1 Å². The van der Waals surface area contributed by atoms with Crippen molar-refractivity contribution in [2.75, 3.05) is 6.61 Å². The molecule has 0 aliphatic rings. The van der Waals surface area contributed by atoms with E-state index in [1.165, 1.54) is 30.5 Å². The number of nitro benzene ring substituents is 1. The minimum absolute atomic E-state index is 0.0673. The summed E-state index contributed by atoms with van der Waals surface area (Å²) in [5, 5.41) is 14.4. The van der Waals surface area contributed by atoms with Crippen molar-refractivity contribution in [3.05, 3.63) is 99.6 Å². The number of carbonyl (C=O) groups is 2. The Morgan fingerprint density at radius 1 is 0.969 bits per heavy atom. The molecule has 0 spiro atoms. The second-order valence-electron chi connectivity index (χ2n) is 6.66. The third-order valence-electron chi connectivity index (χ3n) is 4.20. The van der Waals surface area contributed by atoms with Crippen molar-refractivity contribution >= 4 is 23.8 Å². The molecule has 3 rings (SSSR count). The molecule has 1 N–H and O–H groups in total. The number of hydrogen-bond donors (Lipinski definition) is 1. The highest BCUT2D eigenvalue weighted by atomic mass is 16.6. The largest absolute Gasteiger partial charge is 0.484 e. The summed E-state index contributed by atoms with van der Waals surface area (Å²) in [7, 11) is 0. The standard InChI is InChI=1S/C23H19N3O6/c1-16-2-6-18(7-3-16)23(28)32-21-10-4-17(5-11-21)14-24-25-22(27)15-31-20-12-8-19(9-13-20)26(29)30/h2-14H,15H2,1H3,(H,25,27)/b24-14+. The van der Waals surface area contributed by atoms with Gasteiger partial charge in [0.05, 0.1) is 16.7 Å². The van der Waals surface area contributed by atoms with Crippen LogP contribution in [0.25, 0.3) is 0 Å². The molecule has 0 heterocycles. The van der Waals surface area contributed by atoms with Crippen molar-refractivity contribution in [3.63, 3.8) is 0 Å². The molecule has 0 unspecified atom stereocenters. The number of non-ortho nitro benzene ring substituents is 1. The molecule has 0 atom stereocenters. The predicted molar refractivity (Wildman–Crippen MR) is 117 cm³/mol. The van der Waals surface area contributed by atoms with Gasteiger partial charge in [0.15, 0.2) is 6.61 Å². The van der Waals surface area contributed by atoms with E-state index in [-0.39, 0.29) is 12.3 Å². The van der Waals surface area contributed by atoms with Gasteiger partial charge in [-0.3, -0.25) is 14.9 Å². The molecule has 0 aliphatic carbocycles. The van der Waals surface area contributed by atoms with Crippen LogP contribution in [0.2, 0.25) is 0 Å². The molecule has 3 aromatic carbocycles. The molecule has 0 aliphatic heterocycles. The van der Waals surface area contributed by atoms with E-state index in [0.717, 1.165) is 5.56 Å². The Morgan fingerprint density at radius 2 is 1.59 bits per heavy atom. The minimum Gasteiger partial charge on any atom is -0.484 e. The number of ether oxygens (including phenoxy) is 2. The maximum absolute atomic E-state index is 12.1. The van der Waals surface area contributed by atoms with Crippen LogP contribution in [0.3, 0.4) is 0 Å². The lowest BCUT2D eigenvalue weighted by Crippen LogP contribution is -2.24. The maximum atomic E-state index is 12.1. The first-order valence-electron chi connectivity index (χ1n) is 9.49. The van der Waals surface area contributed by atoms with Crippen molar-refractivity contribution in [1.82, 2.24) is 5.43 Å². The van der Waals surface area contributed by atoms with Crippen LogP contribution >= 0.6 is 0 Å². The fourth-order valence-electron chi connectivity index (χ4n) is 2.50. The van der Waals surface area contributed by atoms with Gasteiger partial charge in [-0.2, -0.15) is 5.10 Å². The number of amides is 1. The molecule has 32 heavy (non-hydrogen) atoms. The van der Waals surface area contributed by atoms with E-state index in [4.69, 9.17) is 9.47 Å².